The number of nitrogens with zero attached hydrogens (tertiary/aromatic N) is 1. The van der Waals surface area contributed by atoms with Crippen molar-refractivity contribution in [2.75, 3.05) is 13.2 Å². The van der Waals surface area contributed by atoms with E-state index in [9.17, 15) is 19.5 Å². The number of carbonyl (C=O) groups excluding carboxylic acids is 1. The summed E-state index contributed by atoms with van der Waals surface area (Å²) in [7, 11) is 0. The topological polar surface area (TPSA) is 153 Å². The highest BCUT2D eigenvalue weighted by Gasteiger charge is 2.72. The van der Waals surface area contributed by atoms with Gasteiger partial charge in [-0.2, -0.15) is 0 Å². The van der Waals surface area contributed by atoms with E-state index in [2.05, 4.69) is 4.85 Å². The fourth-order valence-corrected chi connectivity index (χ4v) is 2.83. The minimum absolute atomic E-state index is 0.0708. The smallest absolute Gasteiger partial charge is 0.452 e. The SMILES string of the molecule is C#[N+][C@]12OC[C@@H](OC(O)CCC(=O)O)[C@H]1OC[C@H]2OC(=O)CCC(=O)O. The van der Waals surface area contributed by atoms with Gasteiger partial charge in [-0.3, -0.25) is 19.1 Å². The molecule has 11 nitrogen and oxygen atoms in total. The molecule has 26 heavy (non-hydrogen) atoms. The molecule has 2 fully saturated rings. The number of hydrogen-bond donors (Lipinski definition) is 3. The first-order valence-electron chi connectivity index (χ1n) is 7.92. The summed E-state index contributed by atoms with van der Waals surface area (Å²) < 4.78 is 21.6. The number of aliphatic hydroxyl groups excluding tert-OH is 1. The summed E-state index contributed by atoms with van der Waals surface area (Å²) in [5.74, 6) is -2.98. The van der Waals surface area contributed by atoms with Crippen LogP contribution in [-0.4, -0.2) is 76.8 Å². The van der Waals surface area contributed by atoms with E-state index in [1.165, 1.54) is 0 Å². The van der Waals surface area contributed by atoms with E-state index in [1.54, 1.807) is 0 Å². The molecule has 3 N–H and O–H groups in total. The molecule has 2 aliphatic rings. The molecule has 2 rings (SSSR count). The molecule has 0 radical (unpaired) electrons. The molecule has 0 spiro atoms. The van der Waals surface area contributed by atoms with E-state index in [0.29, 0.717) is 0 Å². The number of aliphatic carboxylic acids is 2. The zero-order chi connectivity index (χ0) is 19.3. The summed E-state index contributed by atoms with van der Waals surface area (Å²) in [6.45, 7) is 5.26. The Labute approximate surface area is 148 Å². The maximum absolute atomic E-state index is 11.8. The van der Waals surface area contributed by atoms with E-state index >= 15 is 0 Å². The van der Waals surface area contributed by atoms with E-state index in [-0.39, 0.29) is 38.9 Å². The van der Waals surface area contributed by atoms with Crippen LogP contribution >= 0.6 is 0 Å². The summed E-state index contributed by atoms with van der Waals surface area (Å²) in [5.41, 5.74) is -1.53. The fraction of sp³-hybridized carbons (Fsp3) is 0.733. The summed E-state index contributed by atoms with van der Waals surface area (Å²) in [4.78, 5) is 36.4. The van der Waals surface area contributed by atoms with Crippen molar-refractivity contribution in [2.24, 2.45) is 0 Å². The molecular formula is C15H20NO10+. The second-order valence-electron chi connectivity index (χ2n) is 5.88. The summed E-state index contributed by atoms with van der Waals surface area (Å²) in [6, 6.07) is 0. The molecule has 2 heterocycles. The van der Waals surface area contributed by atoms with Gasteiger partial charge in [-0.25, -0.2) is 0 Å². The maximum atomic E-state index is 11.8. The van der Waals surface area contributed by atoms with Crippen molar-refractivity contribution in [2.45, 2.75) is 56.0 Å². The van der Waals surface area contributed by atoms with Crippen LogP contribution < -0.4 is 0 Å². The predicted octanol–water partition coefficient (Wildman–Crippen LogP) is -0.581. The van der Waals surface area contributed by atoms with Crippen LogP contribution in [0, 0.1) is 6.57 Å². The van der Waals surface area contributed by atoms with Crippen LogP contribution in [0.3, 0.4) is 0 Å². The number of carboxylic acid groups (broad SMARTS) is 2. The molecule has 0 amide bonds. The normalized spacial score (nSPS) is 31.0. The Bertz CT molecular complexity index is 602. The second-order valence-corrected chi connectivity index (χ2v) is 5.88. The third kappa shape index (κ3) is 4.47. The largest absolute Gasteiger partial charge is 0.481 e. The predicted molar refractivity (Wildman–Crippen MR) is 81.2 cm³/mol. The number of fused-ring (bicyclic) bond motifs is 1. The molecule has 5 atom stereocenters. The third-order valence-corrected chi connectivity index (χ3v) is 4.07. The highest BCUT2D eigenvalue weighted by atomic mass is 16.7. The van der Waals surface area contributed by atoms with Crippen molar-refractivity contribution in [1.29, 1.82) is 0 Å². The van der Waals surface area contributed by atoms with Gasteiger partial charge in [-0.1, -0.05) is 0 Å². The van der Waals surface area contributed by atoms with Gasteiger partial charge in [-0.15, -0.1) is 0 Å². The number of ether oxygens (including phenoxy) is 4. The lowest BCUT2D eigenvalue weighted by Gasteiger charge is -2.19. The Morgan fingerprint density at radius 1 is 1.19 bits per heavy atom. The van der Waals surface area contributed by atoms with Crippen molar-refractivity contribution in [3.05, 3.63) is 4.85 Å². The number of hydrogen-bond acceptors (Lipinski definition) is 8. The molecular weight excluding hydrogens is 354 g/mol. The van der Waals surface area contributed by atoms with Crippen molar-refractivity contribution in [3.8, 4) is 6.57 Å². The molecule has 11 heteroatoms. The van der Waals surface area contributed by atoms with Gasteiger partial charge in [0, 0.05) is 6.42 Å². The number of rotatable bonds is 9. The molecule has 2 aliphatic heterocycles. The molecule has 144 valence electrons. The Morgan fingerprint density at radius 2 is 1.88 bits per heavy atom. The number of esters is 1. The van der Waals surface area contributed by atoms with Crippen molar-refractivity contribution in [3.63, 3.8) is 0 Å². The van der Waals surface area contributed by atoms with Gasteiger partial charge in [0.2, 0.25) is 12.2 Å². The Kier molecular flexibility index (Phi) is 6.49. The monoisotopic (exact) mass is 374 g/mol. The lowest BCUT2D eigenvalue weighted by Crippen LogP contribution is -2.46. The van der Waals surface area contributed by atoms with Crippen molar-refractivity contribution >= 4 is 17.9 Å². The van der Waals surface area contributed by atoms with Crippen LogP contribution in [0.5, 0.6) is 0 Å². The van der Waals surface area contributed by atoms with E-state index < -0.39 is 48.2 Å². The van der Waals surface area contributed by atoms with Gasteiger partial charge >= 0.3 is 23.6 Å². The Hall–Kier alpha value is -2.26. The number of aliphatic hydroxyl groups is 1. The average Bonchev–Trinajstić information content (AvgIpc) is 3.10. The van der Waals surface area contributed by atoms with Gasteiger partial charge in [0.1, 0.15) is 6.10 Å². The Balaban J connectivity index is 1.95. The lowest BCUT2D eigenvalue weighted by molar-refractivity contribution is -0.167. The Morgan fingerprint density at radius 3 is 2.50 bits per heavy atom. The van der Waals surface area contributed by atoms with Gasteiger partial charge in [0.15, 0.2) is 6.29 Å². The van der Waals surface area contributed by atoms with E-state index in [4.69, 9.17) is 35.7 Å². The highest BCUT2D eigenvalue weighted by molar-refractivity contribution is 5.76. The summed E-state index contributed by atoms with van der Waals surface area (Å²) in [6.07, 6.45) is -5.14. The highest BCUT2D eigenvalue weighted by Crippen LogP contribution is 2.42. The van der Waals surface area contributed by atoms with Crippen LogP contribution in [0.25, 0.3) is 4.85 Å². The first-order valence-corrected chi connectivity index (χ1v) is 7.92. The molecule has 0 aromatic heterocycles. The second kappa shape index (κ2) is 8.41. The number of carboxylic acids is 2. The minimum Gasteiger partial charge on any atom is -0.481 e. The molecule has 0 aliphatic carbocycles. The first kappa shape index (κ1) is 20.1. The third-order valence-electron chi connectivity index (χ3n) is 4.07. The average molecular weight is 374 g/mol. The molecule has 0 bridgehead atoms. The van der Waals surface area contributed by atoms with Crippen LogP contribution in [0.1, 0.15) is 25.7 Å². The molecule has 0 aromatic carbocycles. The van der Waals surface area contributed by atoms with Gasteiger partial charge in [0.05, 0.1) is 32.5 Å². The van der Waals surface area contributed by atoms with Gasteiger partial charge < -0.3 is 29.5 Å². The van der Waals surface area contributed by atoms with Crippen LogP contribution in [0.2, 0.25) is 0 Å². The quantitative estimate of drug-likeness (QED) is 0.353. The van der Waals surface area contributed by atoms with Crippen LogP contribution in [0.4, 0.5) is 0 Å². The molecule has 1 unspecified atom stereocenters. The maximum Gasteiger partial charge on any atom is 0.452 e. The zero-order valence-corrected chi connectivity index (χ0v) is 13.8. The fourth-order valence-electron chi connectivity index (χ4n) is 2.83. The minimum atomic E-state index is -1.53. The van der Waals surface area contributed by atoms with E-state index in [1.807, 2.05) is 0 Å². The van der Waals surface area contributed by atoms with Crippen molar-refractivity contribution in [1.82, 2.24) is 0 Å². The molecule has 0 saturated carbocycles. The van der Waals surface area contributed by atoms with Gasteiger partial charge in [0.25, 0.3) is 6.57 Å². The summed E-state index contributed by atoms with van der Waals surface area (Å²) >= 11 is 0. The molecule has 0 aromatic rings. The van der Waals surface area contributed by atoms with Crippen molar-refractivity contribution < 1.29 is 48.7 Å². The zero-order valence-electron chi connectivity index (χ0n) is 13.8. The number of carbonyl (C=O) groups is 3. The standard InChI is InChI=1S/C15H19NO10/c1-16-15-9(26-13(22)5-3-11(19)20)7-23-14(15)8(6-24-15)25-12(21)4-2-10(17)18/h1,8-9,12,14,21H,2-7H2,(H-,17,18,19,20)/p+1/t8-,9-,12?,14-,15-/m1/s1. The molecule has 2 saturated heterocycles. The van der Waals surface area contributed by atoms with Crippen LogP contribution in [0.15, 0.2) is 0 Å². The summed E-state index contributed by atoms with van der Waals surface area (Å²) in [5, 5.41) is 27.0. The lowest BCUT2D eigenvalue weighted by atomic mass is 10.0. The van der Waals surface area contributed by atoms with E-state index in [0.717, 1.165) is 0 Å². The van der Waals surface area contributed by atoms with Gasteiger partial charge in [-0.05, 0) is 4.85 Å². The van der Waals surface area contributed by atoms with Crippen LogP contribution in [-0.2, 0) is 33.3 Å². The first-order chi connectivity index (χ1) is 12.3.